The number of nitrogens with zero attached hydrogens (tertiary/aromatic N) is 2. The molecule has 2 aliphatic heterocycles. The van der Waals surface area contributed by atoms with Crippen LogP contribution in [0.3, 0.4) is 0 Å². The lowest BCUT2D eigenvalue weighted by atomic mass is 10.0. The molecule has 1 aromatic rings. The van der Waals surface area contributed by atoms with Gasteiger partial charge in [-0.2, -0.15) is 5.10 Å². The highest BCUT2D eigenvalue weighted by atomic mass is 35.5. The SMILES string of the molecule is O=C(NCC1CCS(=O)(=O)CC1)O[C@@H]1CCN(c2cn[nH]c(=O)c2Cl)C1. The predicted octanol–water partition coefficient (Wildman–Crippen LogP) is 0.553. The van der Waals surface area contributed by atoms with Gasteiger partial charge in [-0.15, -0.1) is 0 Å². The number of rotatable bonds is 4. The number of halogens is 1. The maximum Gasteiger partial charge on any atom is 0.407 e. The van der Waals surface area contributed by atoms with Crippen molar-refractivity contribution in [2.24, 2.45) is 5.92 Å². The Kier molecular flexibility index (Phi) is 5.71. The van der Waals surface area contributed by atoms with Crippen LogP contribution in [0, 0.1) is 5.92 Å². The van der Waals surface area contributed by atoms with Crippen molar-refractivity contribution in [3.8, 4) is 0 Å². The number of anilines is 1. The van der Waals surface area contributed by atoms with E-state index in [2.05, 4.69) is 15.5 Å². The van der Waals surface area contributed by atoms with Gasteiger partial charge in [0.2, 0.25) is 0 Å². The molecule has 2 fully saturated rings. The van der Waals surface area contributed by atoms with E-state index in [0.29, 0.717) is 44.6 Å². The van der Waals surface area contributed by atoms with Gasteiger partial charge < -0.3 is 15.0 Å². The van der Waals surface area contributed by atoms with Crippen molar-refractivity contribution >= 4 is 33.2 Å². The Morgan fingerprint density at radius 2 is 2.12 bits per heavy atom. The quantitative estimate of drug-likeness (QED) is 0.751. The van der Waals surface area contributed by atoms with Crippen molar-refractivity contribution in [2.45, 2.75) is 25.4 Å². The summed E-state index contributed by atoms with van der Waals surface area (Å²) in [5, 5.41) is 8.78. The lowest BCUT2D eigenvalue weighted by Crippen LogP contribution is -2.36. The van der Waals surface area contributed by atoms with Gasteiger partial charge in [-0.1, -0.05) is 11.6 Å². The zero-order valence-electron chi connectivity index (χ0n) is 14.1. The third-order valence-electron chi connectivity index (χ3n) is 4.75. The van der Waals surface area contributed by atoms with Crippen LogP contribution in [0.1, 0.15) is 19.3 Å². The largest absolute Gasteiger partial charge is 0.444 e. The number of alkyl carbamates (subject to hydrolysis) is 1. The average molecular weight is 405 g/mol. The number of aromatic nitrogens is 2. The summed E-state index contributed by atoms with van der Waals surface area (Å²) in [6, 6.07) is 0. The van der Waals surface area contributed by atoms with E-state index < -0.39 is 21.5 Å². The number of carbonyl (C=O) groups is 1. The van der Waals surface area contributed by atoms with Crippen LogP contribution in [0.5, 0.6) is 0 Å². The Morgan fingerprint density at radius 3 is 2.85 bits per heavy atom. The fraction of sp³-hybridized carbons (Fsp3) is 0.667. The highest BCUT2D eigenvalue weighted by Crippen LogP contribution is 2.25. The lowest BCUT2D eigenvalue weighted by Gasteiger charge is -2.22. The molecule has 0 aromatic carbocycles. The monoisotopic (exact) mass is 404 g/mol. The number of amides is 1. The normalized spacial score (nSPS) is 23.0. The van der Waals surface area contributed by atoms with Gasteiger partial charge in [0, 0.05) is 19.5 Å². The molecule has 0 bridgehead atoms. The van der Waals surface area contributed by atoms with Gasteiger partial charge in [-0.3, -0.25) is 4.79 Å². The second-order valence-corrected chi connectivity index (χ2v) is 9.32. The second-order valence-electron chi connectivity index (χ2n) is 6.64. The fourth-order valence-electron chi connectivity index (χ4n) is 3.20. The third-order valence-corrected chi connectivity index (χ3v) is 6.83. The van der Waals surface area contributed by atoms with Crippen LogP contribution in [0.2, 0.25) is 5.02 Å². The fourth-order valence-corrected chi connectivity index (χ4v) is 5.00. The lowest BCUT2D eigenvalue weighted by molar-refractivity contribution is 0.107. The van der Waals surface area contributed by atoms with Gasteiger partial charge in [0.15, 0.2) is 0 Å². The molecule has 1 atom stereocenters. The molecule has 0 unspecified atom stereocenters. The molecule has 9 nitrogen and oxygen atoms in total. The topological polar surface area (TPSA) is 121 Å². The highest BCUT2D eigenvalue weighted by Gasteiger charge is 2.28. The van der Waals surface area contributed by atoms with E-state index in [1.54, 1.807) is 0 Å². The minimum absolute atomic E-state index is 0.0670. The summed E-state index contributed by atoms with van der Waals surface area (Å²) < 4.78 is 28.2. The first-order valence-corrected chi connectivity index (χ1v) is 10.7. The van der Waals surface area contributed by atoms with E-state index in [1.165, 1.54) is 6.20 Å². The minimum Gasteiger partial charge on any atom is -0.444 e. The molecule has 11 heteroatoms. The maximum absolute atomic E-state index is 12.0. The molecule has 0 radical (unpaired) electrons. The number of aromatic amines is 1. The molecule has 3 heterocycles. The smallest absolute Gasteiger partial charge is 0.407 e. The molecule has 3 rings (SSSR count). The molecular formula is C15H21ClN4O5S. The standard InChI is InChI=1S/C15H21ClN4O5S/c16-13-12(8-18-19-14(13)21)20-4-1-11(9-20)25-15(22)17-7-10-2-5-26(23,24)6-3-10/h8,10-11H,1-7,9H2,(H,17,22)(H,19,21)/t11-/m1/s1. The Balaban J connectivity index is 1.44. The molecule has 0 saturated carbocycles. The Labute approximate surface area is 156 Å². The number of hydrogen-bond donors (Lipinski definition) is 2. The minimum atomic E-state index is -2.90. The molecule has 0 aliphatic carbocycles. The van der Waals surface area contributed by atoms with Crippen LogP contribution in [0.15, 0.2) is 11.0 Å². The van der Waals surface area contributed by atoms with Gasteiger partial charge >= 0.3 is 6.09 Å². The number of H-pyrrole nitrogens is 1. The van der Waals surface area contributed by atoms with E-state index in [0.717, 1.165) is 0 Å². The first-order valence-electron chi connectivity index (χ1n) is 8.47. The first-order chi connectivity index (χ1) is 12.3. The summed E-state index contributed by atoms with van der Waals surface area (Å²) in [6.45, 7) is 1.44. The van der Waals surface area contributed by atoms with Gasteiger partial charge in [0.1, 0.15) is 21.0 Å². The summed E-state index contributed by atoms with van der Waals surface area (Å²) in [4.78, 5) is 25.3. The Morgan fingerprint density at radius 1 is 1.38 bits per heavy atom. The summed E-state index contributed by atoms with van der Waals surface area (Å²) in [7, 11) is -2.90. The van der Waals surface area contributed by atoms with E-state index in [9.17, 15) is 18.0 Å². The van der Waals surface area contributed by atoms with Crippen molar-refractivity contribution in [1.29, 1.82) is 0 Å². The van der Waals surface area contributed by atoms with Crippen LogP contribution in [0.4, 0.5) is 10.5 Å². The third kappa shape index (κ3) is 4.67. The first kappa shape index (κ1) is 19.0. The summed E-state index contributed by atoms with van der Waals surface area (Å²) in [5.74, 6) is 0.514. The highest BCUT2D eigenvalue weighted by molar-refractivity contribution is 7.91. The molecular weight excluding hydrogens is 384 g/mol. The van der Waals surface area contributed by atoms with Crippen LogP contribution in [-0.4, -0.2) is 62.0 Å². The zero-order valence-corrected chi connectivity index (χ0v) is 15.7. The van der Waals surface area contributed by atoms with Crippen molar-refractivity contribution in [3.63, 3.8) is 0 Å². The number of carbonyl (C=O) groups excluding carboxylic acids is 1. The summed E-state index contributed by atoms with van der Waals surface area (Å²) in [5.41, 5.74) is 0.0612. The van der Waals surface area contributed by atoms with E-state index in [4.69, 9.17) is 16.3 Å². The number of hydrogen-bond acceptors (Lipinski definition) is 7. The number of ether oxygens (including phenoxy) is 1. The Bertz CT molecular complexity index is 814. The van der Waals surface area contributed by atoms with Crippen LogP contribution < -0.4 is 15.8 Å². The molecule has 2 aliphatic rings. The van der Waals surface area contributed by atoms with E-state index >= 15 is 0 Å². The average Bonchev–Trinajstić information content (AvgIpc) is 3.04. The molecule has 1 amide bonds. The second kappa shape index (κ2) is 7.83. The van der Waals surface area contributed by atoms with Crippen LogP contribution in [0.25, 0.3) is 0 Å². The molecule has 2 saturated heterocycles. The van der Waals surface area contributed by atoms with Crippen LogP contribution >= 0.6 is 11.6 Å². The molecule has 26 heavy (non-hydrogen) atoms. The Hall–Kier alpha value is -1.81. The molecule has 0 spiro atoms. The van der Waals surface area contributed by atoms with Crippen molar-refractivity contribution in [3.05, 3.63) is 21.6 Å². The molecule has 144 valence electrons. The summed E-state index contributed by atoms with van der Waals surface area (Å²) in [6.07, 6.45) is 2.40. The van der Waals surface area contributed by atoms with Gasteiger partial charge in [-0.05, 0) is 18.8 Å². The predicted molar refractivity (Wildman–Crippen MR) is 96.3 cm³/mol. The van der Waals surface area contributed by atoms with Gasteiger partial charge in [0.25, 0.3) is 5.56 Å². The maximum atomic E-state index is 12.0. The van der Waals surface area contributed by atoms with Crippen molar-refractivity contribution < 1.29 is 17.9 Å². The van der Waals surface area contributed by atoms with Crippen molar-refractivity contribution in [2.75, 3.05) is 36.0 Å². The van der Waals surface area contributed by atoms with E-state index in [-0.39, 0.29) is 28.6 Å². The molecule has 1 aromatic heterocycles. The van der Waals surface area contributed by atoms with Gasteiger partial charge in [0.05, 0.1) is 29.9 Å². The molecule has 2 N–H and O–H groups in total. The van der Waals surface area contributed by atoms with E-state index in [1.807, 2.05) is 4.90 Å². The van der Waals surface area contributed by atoms with Crippen LogP contribution in [-0.2, 0) is 14.6 Å². The summed E-state index contributed by atoms with van der Waals surface area (Å²) >= 11 is 5.99. The van der Waals surface area contributed by atoms with Gasteiger partial charge in [-0.25, -0.2) is 18.3 Å². The van der Waals surface area contributed by atoms with Crippen molar-refractivity contribution in [1.82, 2.24) is 15.5 Å². The number of nitrogens with one attached hydrogen (secondary N) is 2. The zero-order chi connectivity index (χ0) is 18.7. The number of sulfone groups is 1.